The first-order chi connectivity index (χ1) is 18.2. The van der Waals surface area contributed by atoms with Gasteiger partial charge in [0.2, 0.25) is 0 Å². The lowest BCUT2D eigenvalue weighted by Crippen LogP contribution is -2.44. The molecule has 2 N–H and O–H groups in total. The van der Waals surface area contributed by atoms with Crippen molar-refractivity contribution >= 4 is 17.3 Å². The lowest BCUT2D eigenvalue weighted by atomic mass is 10.0. The van der Waals surface area contributed by atoms with Crippen LogP contribution in [-0.2, 0) is 6.54 Å². The highest BCUT2D eigenvalue weighted by Gasteiger charge is 2.21. The predicted molar refractivity (Wildman–Crippen MR) is 146 cm³/mol. The number of rotatable bonds is 7. The summed E-state index contributed by atoms with van der Waals surface area (Å²) in [4.78, 5) is 19.5. The minimum absolute atomic E-state index is 0.135. The second-order valence-corrected chi connectivity index (χ2v) is 9.33. The largest absolute Gasteiger partial charge is 0.354 e. The summed E-state index contributed by atoms with van der Waals surface area (Å²) in [5.74, 6) is -0.135. The summed E-state index contributed by atoms with van der Waals surface area (Å²) < 4.78 is 0. The van der Waals surface area contributed by atoms with E-state index in [9.17, 15) is 4.79 Å². The van der Waals surface area contributed by atoms with Crippen molar-refractivity contribution in [2.24, 2.45) is 0 Å². The van der Waals surface area contributed by atoms with Crippen LogP contribution in [-0.4, -0.2) is 34.9 Å². The average molecular weight is 488 g/mol. The maximum absolute atomic E-state index is 12.8. The molecule has 1 aromatic heterocycles. The summed E-state index contributed by atoms with van der Waals surface area (Å²) >= 11 is 0. The van der Waals surface area contributed by atoms with Crippen LogP contribution in [0, 0.1) is 11.3 Å². The van der Waals surface area contributed by atoms with Crippen LogP contribution in [0.4, 0.5) is 11.4 Å². The van der Waals surface area contributed by atoms with Crippen molar-refractivity contribution in [2.75, 3.05) is 18.4 Å². The highest BCUT2D eigenvalue weighted by Crippen LogP contribution is 2.23. The first kappa shape index (κ1) is 24.2. The number of hydrogen-bond donors (Lipinski definition) is 2. The molecule has 0 saturated carbocycles. The van der Waals surface area contributed by atoms with E-state index in [-0.39, 0.29) is 11.9 Å². The summed E-state index contributed by atoms with van der Waals surface area (Å²) in [6.45, 7) is 2.70. The molecule has 0 atom stereocenters. The van der Waals surface area contributed by atoms with Crippen molar-refractivity contribution in [3.05, 3.63) is 114 Å². The molecule has 5 rings (SSSR count). The summed E-state index contributed by atoms with van der Waals surface area (Å²) in [6.07, 6.45) is 3.50. The first-order valence-electron chi connectivity index (χ1n) is 12.6. The Hall–Kier alpha value is -4.47. The highest BCUT2D eigenvalue weighted by atomic mass is 16.1. The molecule has 6 nitrogen and oxygen atoms in total. The zero-order valence-electron chi connectivity index (χ0n) is 20.6. The zero-order valence-corrected chi connectivity index (χ0v) is 20.6. The number of nitrogens with one attached hydrogen (secondary N) is 2. The highest BCUT2D eigenvalue weighted by molar-refractivity contribution is 5.92. The van der Waals surface area contributed by atoms with Gasteiger partial charge in [-0.3, -0.25) is 9.69 Å². The molecule has 1 fully saturated rings. The number of nitriles is 1. The molecular weight excluding hydrogens is 458 g/mol. The molecule has 1 aliphatic heterocycles. The fourth-order valence-electron chi connectivity index (χ4n) is 4.58. The molecule has 6 heteroatoms. The van der Waals surface area contributed by atoms with Crippen molar-refractivity contribution < 1.29 is 4.79 Å². The van der Waals surface area contributed by atoms with Gasteiger partial charge in [0.05, 0.1) is 23.5 Å². The zero-order chi connectivity index (χ0) is 25.5. The van der Waals surface area contributed by atoms with Crippen molar-refractivity contribution in [3.63, 3.8) is 0 Å². The number of pyridine rings is 1. The fourth-order valence-corrected chi connectivity index (χ4v) is 4.58. The molecule has 1 amide bonds. The Morgan fingerprint density at radius 3 is 2.19 bits per heavy atom. The normalized spacial score (nSPS) is 14.0. The van der Waals surface area contributed by atoms with Gasteiger partial charge in [-0.1, -0.05) is 54.6 Å². The van der Waals surface area contributed by atoms with Gasteiger partial charge < -0.3 is 10.6 Å². The molecule has 0 radical (unpaired) electrons. The van der Waals surface area contributed by atoms with Crippen LogP contribution < -0.4 is 10.6 Å². The van der Waals surface area contributed by atoms with Gasteiger partial charge in [-0.05, 0) is 65.9 Å². The van der Waals surface area contributed by atoms with Gasteiger partial charge >= 0.3 is 0 Å². The maximum Gasteiger partial charge on any atom is 0.270 e. The number of anilines is 2. The van der Waals surface area contributed by atoms with E-state index in [1.807, 2.05) is 60.7 Å². The van der Waals surface area contributed by atoms with Gasteiger partial charge in [0.1, 0.15) is 5.69 Å². The molecule has 1 saturated heterocycles. The first-order valence-corrected chi connectivity index (χ1v) is 12.6. The Balaban J connectivity index is 1.09. The van der Waals surface area contributed by atoms with E-state index in [1.54, 1.807) is 12.3 Å². The van der Waals surface area contributed by atoms with Crippen molar-refractivity contribution in [3.8, 4) is 17.2 Å². The monoisotopic (exact) mass is 487 g/mol. The van der Waals surface area contributed by atoms with Gasteiger partial charge in [0.25, 0.3) is 5.91 Å². The number of nitrogens with zero attached hydrogens (tertiary/aromatic N) is 3. The van der Waals surface area contributed by atoms with Gasteiger partial charge in [0, 0.05) is 31.4 Å². The van der Waals surface area contributed by atoms with E-state index in [2.05, 4.69) is 50.9 Å². The quantitative estimate of drug-likeness (QED) is 0.346. The van der Waals surface area contributed by atoms with Gasteiger partial charge in [0.15, 0.2) is 0 Å². The van der Waals surface area contributed by atoms with Gasteiger partial charge in [-0.15, -0.1) is 0 Å². The number of likely N-dealkylation sites (tertiary alicyclic amines) is 1. The van der Waals surface area contributed by atoms with Gasteiger partial charge in [-0.25, -0.2) is 4.98 Å². The minimum Gasteiger partial charge on any atom is -0.354 e. The molecule has 37 heavy (non-hydrogen) atoms. The van der Waals surface area contributed by atoms with E-state index in [4.69, 9.17) is 5.26 Å². The maximum atomic E-state index is 12.8. The second-order valence-electron chi connectivity index (χ2n) is 9.33. The van der Waals surface area contributed by atoms with Crippen LogP contribution in [0.2, 0.25) is 0 Å². The number of amides is 1. The van der Waals surface area contributed by atoms with Crippen molar-refractivity contribution in [2.45, 2.75) is 25.4 Å². The van der Waals surface area contributed by atoms with E-state index < -0.39 is 0 Å². The van der Waals surface area contributed by atoms with E-state index in [0.29, 0.717) is 11.3 Å². The summed E-state index contributed by atoms with van der Waals surface area (Å²) in [6, 6.07) is 32.2. The molecule has 3 aromatic carbocycles. The van der Waals surface area contributed by atoms with Crippen molar-refractivity contribution in [1.82, 2.24) is 15.2 Å². The lowest BCUT2D eigenvalue weighted by molar-refractivity contribution is 0.0904. The van der Waals surface area contributed by atoms with E-state index in [0.717, 1.165) is 49.4 Å². The Morgan fingerprint density at radius 2 is 1.54 bits per heavy atom. The van der Waals surface area contributed by atoms with Gasteiger partial charge in [-0.2, -0.15) is 5.26 Å². The van der Waals surface area contributed by atoms with Crippen molar-refractivity contribution in [1.29, 1.82) is 5.26 Å². The fraction of sp³-hybridized carbons (Fsp3) is 0.194. The number of benzene rings is 3. The molecule has 0 unspecified atom stereocenters. The van der Waals surface area contributed by atoms with Crippen LogP contribution in [0.5, 0.6) is 0 Å². The molecule has 0 aliphatic carbocycles. The van der Waals surface area contributed by atoms with Crippen LogP contribution in [0.3, 0.4) is 0 Å². The van der Waals surface area contributed by atoms with E-state index >= 15 is 0 Å². The number of aromatic nitrogens is 1. The second kappa shape index (κ2) is 11.5. The number of piperidine rings is 1. The Kier molecular flexibility index (Phi) is 7.54. The minimum atomic E-state index is -0.135. The van der Waals surface area contributed by atoms with E-state index in [1.165, 1.54) is 11.1 Å². The van der Waals surface area contributed by atoms with Crippen LogP contribution in [0.15, 0.2) is 97.2 Å². The summed E-state index contributed by atoms with van der Waals surface area (Å²) in [5.41, 5.74) is 6.45. The predicted octanol–water partition coefficient (Wildman–Crippen LogP) is 5.76. The Morgan fingerprint density at radius 1 is 0.865 bits per heavy atom. The molecular formula is C31H29N5O. The molecule has 2 heterocycles. The standard InChI is InChI=1S/C31H29N5O/c32-20-23-6-8-24(9-7-23)22-36-18-16-28(17-19-36)35-31(37)30-15-14-29(21-33-30)34-27-12-10-26(11-13-27)25-4-2-1-3-5-25/h1-15,21,28,34H,16-19,22H2,(H,35,37). The third-order valence-corrected chi connectivity index (χ3v) is 6.69. The molecule has 1 aliphatic rings. The third kappa shape index (κ3) is 6.40. The average Bonchev–Trinajstić information content (AvgIpc) is 2.96. The number of carbonyl (C=O) groups excluding carboxylic acids is 1. The summed E-state index contributed by atoms with van der Waals surface area (Å²) in [7, 11) is 0. The topological polar surface area (TPSA) is 81.0 Å². The number of hydrogen-bond acceptors (Lipinski definition) is 5. The third-order valence-electron chi connectivity index (χ3n) is 6.69. The van der Waals surface area contributed by atoms with Crippen LogP contribution in [0.25, 0.3) is 11.1 Å². The molecule has 4 aromatic rings. The Labute approximate surface area is 217 Å². The number of carbonyl (C=O) groups is 1. The summed E-state index contributed by atoms with van der Waals surface area (Å²) in [5, 5.41) is 15.4. The molecule has 0 bridgehead atoms. The van der Waals surface area contributed by atoms with Crippen LogP contribution >= 0.6 is 0 Å². The molecule has 0 spiro atoms. The molecule has 184 valence electrons. The lowest BCUT2D eigenvalue weighted by Gasteiger charge is -2.32. The SMILES string of the molecule is N#Cc1ccc(CN2CCC(NC(=O)c3ccc(Nc4ccc(-c5ccccc5)cc4)cn3)CC2)cc1. The van der Waals surface area contributed by atoms with Crippen LogP contribution in [0.1, 0.15) is 34.5 Å². The Bertz CT molecular complexity index is 1350. The smallest absolute Gasteiger partial charge is 0.270 e.